The number of methoxy groups -OCH3 is 2. The minimum absolute atomic E-state index is 0.0366. The number of oxime groups is 1. The third kappa shape index (κ3) is 14.5. The molecule has 4 N–H and O–H groups in total. The van der Waals surface area contributed by atoms with Crippen molar-refractivity contribution in [3.05, 3.63) is 35.4 Å². The Hall–Kier alpha value is -2.53. The Kier molecular flexibility index (Phi) is 17.2. The molecule has 1 aromatic carbocycles. The highest BCUT2D eigenvalue weighted by atomic mass is 16.6. The number of ether oxygens (including phenoxy) is 3. The highest BCUT2D eigenvalue weighted by molar-refractivity contribution is 5.94. The Bertz CT molecular complexity index is 746. The molecule has 0 heterocycles. The fourth-order valence-corrected chi connectivity index (χ4v) is 3.25. The molecule has 198 valence electrons. The Morgan fingerprint density at radius 3 is 2.69 bits per heavy atom. The fourth-order valence-electron chi connectivity index (χ4n) is 3.25. The molecule has 2 amide bonds. The van der Waals surface area contributed by atoms with Gasteiger partial charge in [-0.15, -0.1) is 0 Å². The van der Waals surface area contributed by atoms with Gasteiger partial charge in [0.15, 0.2) is 0 Å². The molecule has 1 unspecified atom stereocenters. The molecule has 0 spiro atoms. The third-order valence-electron chi connectivity index (χ3n) is 5.33. The Labute approximate surface area is 208 Å². The molecule has 0 aliphatic heterocycles. The maximum atomic E-state index is 12.4. The number of rotatable bonds is 21. The summed E-state index contributed by atoms with van der Waals surface area (Å²) in [6.07, 6.45) is 6.58. The van der Waals surface area contributed by atoms with Gasteiger partial charge in [0.2, 0.25) is 5.91 Å². The zero-order chi connectivity index (χ0) is 25.7. The quantitative estimate of drug-likeness (QED) is 0.135. The van der Waals surface area contributed by atoms with Gasteiger partial charge in [0.1, 0.15) is 12.7 Å². The second kappa shape index (κ2) is 19.7. The van der Waals surface area contributed by atoms with E-state index in [0.717, 1.165) is 37.7 Å². The minimum atomic E-state index is -0.361. The SMILES string of the molecule is CN[C@@H](CCCCNC(=O)c1cccc(CO/N=C\CCCCOCC(COC)OC)c1)C(N)=O. The van der Waals surface area contributed by atoms with E-state index < -0.39 is 0 Å². The van der Waals surface area contributed by atoms with Crippen LogP contribution < -0.4 is 16.4 Å². The maximum Gasteiger partial charge on any atom is 0.251 e. The summed E-state index contributed by atoms with van der Waals surface area (Å²) in [6.45, 7) is 2.52. The molecule has 0 fully saturated rings. The number of unbranched alkanes of at least 4 members (excludes halogenated alkanes) is 3. The average molecular weight is 495 g/mol. The van der Waals surface area contributed by atoms with Crippen LogP contribution in [-0.2, 0) is 30.4 Å². The second-order valence-corrected chi connectivity index (χ2v) is 8.14. The van der Waals surface area contributed by atoms with Crippen LogP contribution in [0.4, 0.5) is 0 Å². The normalized spacial score (nSPS) is 13.0. The van der Waals surface area contributed by atoms with E-state index in [1.165, 1.54) is 0 Å². The first kappa shape index (κ1) is 30.5. The van der Waals surface area contributed by atoms with Crippen LogP contribution in [0.2, 0.25) is 0 Å². The molecule has 10 heteroatoms. The van der Waals surface area contributed by atoms with Gasteiger partial charge >= 0.3 is 0 Å². The maximum absolute atomic E-state index is 12.4. The first-order chi connectivity index (χ1) is 17.0. The lowest BCUT2D eigenvalue weighted by Gasteiger charge is -2.14. The summed E-state index contributed by atoms with van der Waals surface area (Å²) in [5.41, 5.74) is 6.74. The van der Waals surface area contributed by atoms with Crippen LogP contribution in [0.3, 0.4) is 0 Å². The molecule has 0 aromatic heterocycles. The molecule has 1 rings (SSSR count). The first-order valence-electron chi connectivity index (χ1n) is 12.1. The summed E-state index contributed by atoms with van der Waals surface area (Å²) in [7, 11) is 4.99. The number of likely N-dealkylation sites (N-methyl/N-ethyl adjacent to an activating group) is 1. The van der Waals surface area contributed by atoms with Crippen LogP contribution in [0, 0.1) is 0 Å². The van der Waals surface area contributed by atoms with Crippen LogP contribution in [0.25, 0.3) is 0 Å². The number of primary amides is 1. The Morgan fingerprint density at radius 2 is 1.97 bits per heavy atom. The fraction of sp³-hybridized carbons (Fsp3) is 0.640. The van der Waals surface area contributed by atoms with E-state index in [9.17, 15) is 9.59 Å². The summed E-state index contributed by atoms with van der Waals surface area (Å²) >= 11 is 0. The van der Waals surface area contributed by atoms with Crippen molar-refractivity contribution in [2.24, 2.45) is 10.9 Å². The molecule has 35 heavy (non-hydrogen) atoms. The molecule has 0 aliphatic rings. The van der Waals surface area contributed by atoms with Gasteiger partial charge in [-0.05, 0) is 63.3 Å². The van der Waals surface area contributed by atoms with Crippen molar-refractivity contribution in [3.63, 3.8) is 0 Å². The summed E-state index contributed by atoms with van der Waals surface area (Å²) in [6, 6.07) is 6.94. The third-order valence-corrected chi connectivity index (χ3v) is 5.33. The number of amides is 2. The van der Waals surface area contributed by atoms with Gasteiger partial charge in [-0.2, -0.15) is 0 Å². The lowest BCUT2D eigenvalue weighted by Crippen LogP contribution is -2.39. The van der Waals surface area contributed by atoms with Gasteiger partial charge in [-0.1, -0.05) is 17.3 Å². The number of benzene rings is 1. The molecule has 10 nitrogen and oxygen atoms in total. The highest BCUT2D eigenvalue weighted by Gasteiger charge is 2.12. The summed E-state index contributed by atoms with van der Waals surface area (Å²) < 4.78 is 15.9. The van der Waals surface area contributed by atoms with Gasteiger partial charge in [-0.25, -0.2) is 0 Å². The summed E-state index contributed by atoms with van der Waals surface area (Å²) in [4.78, 5) is 28.9. The van der Waals surface area contributed by atoms with Gasteiger partial charge in [0.05, 0.1) is 19.3 Å². The zero-order valence-corrected chi connectivity index (χ0v) is 21.3. The van der Waals surface area contributed by atoms with Gasteiger partial charge < -0.3 is 35.4 Å². The molecule has 0 saturated heterocycles. The number of hydrogen-bond acceptors (Lipinski definition) is 8. The smallest absolute Gasteiger partial charge is 0.251 e. The van der Waals surface area contributed by atoms with Crippen LogP contribution >= 0.6 is 0 Å². The van der Waals surface area contributed by atoms with Crippen LogP contribution in [0.1, 0.15) is 54.4 Å². The zero-order valence-electron chi connectivity index (χ0n) is 21.3. The van der Waals surface area contributed by atoms with E-state index in [-0.39, 0.29) is 30.6 Å². The molecular weight excluding hydrogens is 452 g/mol. The van der Waals surface area contributed by atoms with Gasteiger partial charge in [0.25, 0.3) is 5.91 Å². The number of carbonyl (C=O) groups is 2. The van der Waals surface area contributed by atoms with Crippen LogP contribution in [-0.4, -0.2) is 77.8 Å². The molecule has 1 aromatic rings. The summed E-state index contributed by atoms with van der Waals surface area (Å²) in [5, 5.41) is 9.77. The van der Waals surface area contributed by atoms with E-state index in [2.05, 4.69) is 15.8 Å². The molecule has 2 atom stereocenters. The molecule has 0 aliphatic carbocycles. The molecular formula is C25H42N4O6. The lowest BCUT2D eigenvalue weighted by atomic mass is 10.1. The van der Waals surface area contributed by atoms with E-state index >= 15 is 0 Å². The van der Waals surface area contributed by atoms with Crippen LogP contribution in [0.5, 0.6) is 0 Å². The van der Waals surface area contributed by atoms with Crippen molar-refractivity contribution >= 4 is 18.0 Å². The molecule has 0 saturated carbocycles. The monoisotopic (exact) mass is 494 g/mol. The average Bonchev–Trinajstić information content (AvgIpc) is 2.86. The van der Waals surface area contributed by atoms with Crippen molar-refractivity contribution in [1.29, 1.82) is 0 Å². The topological polar surface area (TPSA) is 134 Å². The van der Waals surface area contributed by atoms with Crippen molar-refractivity contribution in [2.75, 3.05) is 47.6 Å². The van der Waals surface area contributed by atoms with Crippen molar-refractivity contribution in [2.45, 2.75) is 57.3 Å². The second-order valence-electron chi connectivity index (χ2n) is 8.14. The highest BCUT2D eigenvalue weighted by Crippen LogP contribution is 2.08. The number of nitrogens with zero attached hydrogens (tertiary/aromatic N) is 1. The van der Waals surface area contributed by atoms with Crippen LogP contribution in [0.15, 0.2) is 29.4 Å². The number of hydrogen-bond donors (Lipinski definition) is 3. The molecule has 0 bridgehead atoms. The van der Waals surface area contributed by atoms with E-state index in [0.29, 0.717) is 38.3 Å². The summed E-state index contributed by atoms with van der Waals surface area (Å²) in [5.74, 6) is -0.503. The van der Waals surface area contributed by atoms with Crippen molar-refractivity contribution < 1.29 is 28.6 Å². The van der Waals surface area contributed by atoms with Crippen molar-refractivity contribution in [3.8, 4) is 0 Å². The predicted molar refractivity (Wildman–Crippen MR) is 135 cm³/mol. The number of nitrogens with two attached hydrogens (primary N) is 1. The minimum Gasteiger partial charge on any atom is -0.391 e. The lowest BCUT2D eigenvalue weighted by molar-refractivity contribution is -0.120. The van der Waals surface area contributed by atoms with Gasteiger partial charge in [-0.3, -0.25) is 9.59 Å². The largest absolute Gasteiger partial charge is 0.391 e. The molecule has 0 radical (unpaired) electrons. The number of nitrogens with one attached hydrogen (secondary N) is 2. The Morgan fingerprint density at radius 1 is 1.14 bits per heavy atom. The van der Waals surface area contributed by atoms with E-state index in [1.54, 1.807) is 39.6 Å². The van der Waals surface area contributed by atoms with E-state index in [1.807, 2.05) is 12.1 Å². The first-order valence-corrected chi connectivity index (χ1v) is 12.1. The number of carbonyl (C=O) groups excluding carboxylic acids is 2. The van der Waals surface area contributed by atoms with E-state index in [4.69, 9.17) is 24.8 Å². The van der Waals surface area contributed by atoms with Gasteiger partial charge in [0, 0.05) is 39.1 Å². The predicted octanol–water partition coefficient (Wildman–Crippen LogP) is 2.01. The van der Waals surface area contributed by atoms with Crippen molar-refractivity contribution in [1.82, 2.24) is 10.6 Å². The Balaban J connectivity index is 2.18. The standard InChI is InChI=1S/C25H42N4O6/c1-27-23(24(26)30)12-5-7-13-28-25(31)21-11-9-10-20(16-21)17-35-29-14-6-4-8-15-34-19-22(33-3)18-32-2/h9-11,14,16,22-23,27H,4-8,12-13,15,17-19H2,1-3H3,(H2,26,30)(H,28,31)/b29-14-/t22?,23-/m0/s1.